The number of pyridine rings is 1. The van der Waals surface area contributed by atoms with Crippen molar-refractivity contribution in [2.45, 2.75) is 52.6 Å². The van der Waals surface area contributed by atoms with Crippen LogP contribution >= 0.6 is 0 Å². The van der Waals surface area contributed by atoms with Gasteiger partial charge in [0.05, 0.1) is 12.2 Å². The lowest BCUT2D eigenvalue weighted by Crippen LogP contribution is -2.26. The van der Waals surface area contributed by atoms with Crippen LogP contribution in [0.4, 0.5) is 0 Å². The summed E-state index contributed by atoms with van der Waals surface area (Å²) >= 11 is 0. The van der Waals surface area contributed by atoms with Crippen molar-refractivity contribution in [1.82, 2.24) is 49.5 Å². The number of nitrogens with zero attached hydrogens (tertiary/aromatic N) is 9. The van der Waals surface area contributed by atoms with E-state index in [-0.39, 0.29) is 5.69 Å². The highest BCUT2D eigenvalue weighted by molar-refractivity contribution is 5.79. The topological polar surface area (TPSA) is 125 Å². The lowest BCUT2D eigenvalue weighted by molar-refractivity contribution is 0.634. The molecular formula is C25H28N10O. The summed E-state index contributed by atoms with van der Waals surface area (Å²) in [5.41, 5.74) is 4.42. The average Bonchev–Trinajstić information content (AvgIpc) is 3.66. The van der Waals surface area contributed by atoms with Crippen LogP contribution in [0.3, 0.4) is 0 Å². The Labute approximate surface area is 207 Å². The molecule has 0 unspecified atom stereocenters. The van der Waals surface area contributed by atoms with Crippen LogP contribution < -0.4 is 5.69 Å². The quantitative estimate of drug-likeness (QED) is 0.322. The molecule has 0 amide bonds. The number of H-pyrrole nitrogens is 1. The molecule has 4 heterocycles. The maximum atomic E-state index is 13.5. The van der Waals surface area contributed by atoms with Crippen molar-refractivity contribution in [3.8, 4) is 28.5 Å². The number of nitrogens with one attached hydrogen (secondary N) is 1. The van der Waals surface area contributed by atoms with Crippen molar-refractivity contribution < 1.29 is 0 Å². The van der Waals surface area contributed by atoms with E-state index >= 15 is 0 Å². The van der Waals surface area contributed by atoms with Crippen molar-refractivity contribution in [1.29, 1.82) is 0 Å². The highest BCUT2D eigenvalue weighted by Gasteiger charge is 2.17. The fourth-order valence-electron chi connectivity index (χ4n) is 4.28. The summed E-state index contributed by atoms with van der Waals surface area (Å²) in [5.74, 6) is 1.14. The van der Waals surface area contributed by atoms with Gasteiger partial charge < -0.3 is 0 Å². The number of tetrazole rings is 1. The van der Waals surface area contributed by atoms with E-state index in [4.69, 9.17) is 4.98 Å². The van der Waals surface area contributed by atoms with Crippen molar-refractivity contribution in [2.24, 2.45) is 0 Å². The molecule has 0 fully saturated rings. The summed E-state index contributed by atoms with van der Waals surface area (Å²) in [6.07, 6.45) is 9.14. The normalized spacial score (nSPS) is 11.3. The van der Waals surface area contributed by atoms with Crippen molar-refractivity contribution >= 4 is 0 Å². The molecule has 0 spiro atoms. The largest absolute Gasteiger partial charge is 0.335 e. The highest BCUT2D eigenvalue weighted by Crippen LogP contribution is 2.29. The predicted octanol–water partition coefficient (Wildman–Crippen LogP) is 3.27. The van der Waals surface area contributed by atoms with Crippen LogP contribution in [-0.2, 0) is 19.5 Å². The van der Waals surface area contributed by atoms with Gasteiger partial charge in [0, 0.05) is 35.8 Å². The average molecular weight is 485 g/mol. The van der Waals surface area contributed by atoms with Gasteiger partial charge in [0.2, 0.25) is 5.95 Å². The molecule has 0 atom stereocenters. The first-order valence-corrected chi connectivity index (χ1v) is 12.2. The second kappa shape index (κ2) is 10.5. The zero-order valence-electron chi connectivity index (χ0n) is 20.4. The Bertz CT molecular complexity index is 1480. The Kier molecular flexibility index (Phi) is 6.78. The summed E-state index contributed by atoms with van der Waals surface area (Å²) in [4.78, 5) is 18.2. The van der Waals surface area contributed by atoms with E-state index in [9.17, 15) is 4.79 Å². The summed E-state index contributed by atoms with van der Waals surface area (Å²) in [5, 5.41) is 22.5. The zero-order chi connectivity index (χ0) is 24.9. The summed E-state index contributed by atoms with van der Waals surface area (Å²) in [6, 6.07) is 11.9. The minimum absolute atomic E-state index is 0.138. The number of unbranched alkanes of at least 4 members (excludes halogenated alkanes) is 1. The van der Waals surface area contributed by atoms with Crippen LogP contribution in [0, 0.1) is 0 Å². The van der Waals surface area contributed by atoms with Gasteiger partial charge in [-0.15, -0.1) is 15.3 Å². The van der Waals surface area contributed by atoms with E-state index in [0.717, 1.165) is 60.3 Å². The molecule has 5 rings (SSSR count). The number of aromatic nitrogens is 10. The van der Waals surface area contributed by atoms with Gasteiger partial charge in [0.25, 0.3) is 0 Å². The number of hydrogen-bond acceptors (Lipinski definition) is 7. The number of aryl methyl sites for hydroxylation is 2. The molecule has 0 bridgehead atoms. The van der Waals surface area contributed by atoms with E-state index in [0.29, 0.717) is 18.3 Å². The smallest absolute Gasteiger partial charge is 0.299 e. The SMILES string of the molecule is CCCCc1cn(-c2nncn2CCC)c(=O)n1Cc1ccc(-c2ccccc2-c2nnn[nH]2)cn1. The van der Waals surface area contributed by atoms with Crippen molar-refractivity contribution in [2.75, 3.05) is 0 Å². The van der Waals surface area contributed by atoms with Crippen LogP contribution in [0.25, 0.3) is 28.5 Å². The van der Waals surface area contributed by atoms with Gasteiger partial charge in [-0.05, 0) is 41.3 Å². The van der Waals surface area contributed by atoms with Crippen molar-refractivity contribution in [3.63, 3.8) is 0 Å². The summed E-state index contributed by atoms with van der Waals surface area (Å²) in [6.45, 7) is 5.35. The Morgan fingerprint density at radius 2 is 1.86 bits per heavy atom. The molecule has 0 radical (unpaired) electrons. The van der Waals surface area contributed by atoms with Crippen LogP contribution in [0.5, 0.6) is 0 Å². The third kappa shape index (κ3) is 4.59. The molecule has 184 valence electrons. The molecule has 5 aromatic rings. The van der Waals surface area contributed by atoms with E-state index in [1.165, 1.54) is 0 Å². The molecule has 1 aromatic carbocycles. The number of rotatable bonds is 10. The standard InChI is InChI=1S/C25H28N10O/c1-3-5-8-20-16-35(24-30-27-17-33(24)13-4-2)25(36)34(20)15-19-12-11-18(14-26-19)21-9-6-7-10-22(21)23-28-31-32-29-23/h6-7,9-12,14,16-17H,3-5,8,13,15H2,1-2H3,(H,28,29,31,32). The summed E-state index contributed by atoms with van der Waals surface area (Å²) in [7, 11) is 0. The van der Waals surface area contributed by atoms with Gasteiger partial charge in [-0.25, -0.2) is 14.5 Å². The molecule has 1 N–H and O–H groups in total. The second-order valence-corrected chi connectivity index (χ2v) is 8.62. The third-order valence-electron chi connectivity index (χ3n) is 6.11. The van der Waals surface area contributed by atoms with Gasteiger partial charge in [0.15, 0.2) is 5.82 Å². The van der Waals surface area contributed by atoms with Gasteiger partial charge in [-0.2, -0.15) is 0 Å². The molecular weight excluding hydrogens is 456 g/mol. The fraction of sp³-hybridized carbons (Fsp3) is 0.320. The molecule has 0 saturated heterocycles. The third-order valence-corrected chi connectivity index (χ3v) is 6.11. The predicted molar refractivity (Wildman–Crippen MR) is 134 cm³/mol. The first kappa shape index (κ1) is 23.3. The summed E-state index contributed by atoms with van der Waals surface area (Å²) < 4.78 is 5.30. The van der Waals surface area contributed by atoms with Gasteiger partial charge in [0.1, 0.15) is 6.33 Å². The first-order chi connectivity index (χ1) is 17.7. The van der Waals surface area contributed by atoms with Crippen molar-refractivity contribution in [3.05, 3.63) is 77.0 Å². The first-order valence-electron chi connectivity index (χ1n) is 12.2. The van der Waals surface area contributed by atoms with Crippen LogP contribution in [0.2, 0.25) is 0 Å². The molecule has 0 saturated carbocycles. The Balaban J connectivity index is 1.46. The van der Waals surface area contributed by atoms with Crippen LogP contribution in [-0.4, -0.2) is 49.5 Å². The number of aromatic amines is 1. The molecule has 0 aliphatic carbocycles. The monoisotopic (exact) mass is 484 g/mol. The van der Waals surface area contributed by atoms with Gasteiger partial charge in [-0.1, -0.05) is 50.6 Å². The highest BCUT2D eigenvalue weighted by atomic mass is 16.2. The molecule has 11 nitrogen and oxygen atoms in total. The zero-order valence-corrected chi connectivity index (χ0v) is 20.4. The Morgan fingerprint density at radius 1 is 1.00 bits per heavy atom. The second-order valence-electron chi connectivity index (χ2n) is 8.62. The van der Waals surface area contributed by atoms with Crippen LogP contribution in [0.1, 0.15) is 44.5 Å². The lowest BCUT2D eigenvalue weighted by atomic mass is 10.0. The number of hydrogen-bond donors (Lipinski definition) is 1. The van der Waals surface area contributed by atoms with Crippen LogP contribution in [0.15, 0.2) is 59.9 Å². The maximum Gasteiger partial charge on any atom is 0.335 e. The van der Waals surface area contributed by atoms with Gasteiger partial charge in [-0.3, -0.25) is 14.1 Å². The molecule has 11 heteroatoms. The van der Waals surface area contributed by atoms with Gasteiger partial charge >= 0.3 is 5.69 Å². The number of imidazole rings is 1. The maximum absolute atomic E-state index is 13.5. The molecule has 0 aliphatic heterocycles. The Morgan fingerprint density at radius 3 is 2.58 bits per heavy atom. The van der Waals surface area contributed by atoms with E-state index < -0.39 is 0 Å². The lowest BCUT2D eigenvalue weighted by Gasteiger charge is -2.09. The minimum Gasteiger partial charge on any atom is -0.299 e. The molecule has 36 heavy (non-hydrogen) atoms. The molecule has 4 aromatic heterocycles. The number of benzene rings is 1. The van der Waals surface area contributed by atoms with E-state index in [1.54, 1.807) is 15.5 Å². The minimum atomic E-state index is -0.138. The van der Waals surface area contributed by atoms with E-state index in [1.807, 2.05) is 53.4 Å². The van der Waals surface area contributed by atoms with E-state index in [2.05, 4.69) is 44.7 Å². The Hall–Kier alpha value is -4.41. The fourth-order valence-corrected chi connectivity index (χ4v) is 4.28. The molecule has 0 aliphatic rings.